The van der Waals surface area contributed by atoms with Crippen LogP contribution in [0.5, 0.6) is 0 Å². The molecule has 0 fully saturated rings. The molecule has 0 aliphatic carbocycles. The molecule has 0 rings (SSSR count). The van der Waals surface area contributed by atoms with E-state index in [1.807, 2.05) is 0 Å². The maximum Gasteiger partial charge on any atom is 0.313 e. The zero-order valence-electron chi connectivity index (χ0n) is 9.33. The molecule has 0 N–H and O–H groups in total. The van der Waals surface area contributed by atoms with Gasteiger partial charge < -0.3 is 4.74 Å². The zero-order chi connectivity index (χ0) is 12.1. The van der Waals surface area contributed by atoms with Gasteiger partial charge in [0, 0.05) is 0 Å². The Kier molecular flexibility index (Phi) is 4.91. The second-order valence-corrected chi connectivity index (χ2v) is 4.15. The van der Waals surface area contributed by atoms with E-state index in [9.17, 15) is 14.4 Å². The van der Waals surface area contributed by atoms with E-state index in [4.69, 9.17) is 4.74 Å². The maximum atomic E-state index is 11.2. The molecule has 0 spiro atoms. The van der Waals surface area contributed by atoms with E-state index in [-0.39, 0.29) is 18.6 Å². The predicted octanol–water partition coefficient (Wildman–Crippen LogP) is 1.43. The summed E-state index contributed by atoms with van der Waals surface area (Å²) in [6, 6.07) is 0. The first kappa shape index (κ1) is 13.5. The van der Waals surface area contributed by atoms with Crippen LogP contribution < -0.4 is 0 Å². The van der Waals surface area contributed by atoms with Gasteiger partial charge in [-0.05, 0) is 26.8 Å². The van der Waals surface area contributed by atoms with Crippen LogP contribution in [0.1, 0.15) is 33.6 Å². The van der Waals surface area contributed by atoms with Crippen molar-refractivity contribution < 1.29 is 19.1 Å². The molecule has 0 aromatic rings. The number of esters is 1. The van der Waals surface area contributed by atoms with Gasteiger partial charge >= 0.3 is 5.97 Å². The summed E-state index contributed by atoms with van der Waals surface area (Å²) in [5.41, 5.74) is -0.611. The summed E-state index contributed by atoms with van der Waals surface area (Å²) in [5, 5.41) is 0. The van der Waals surface area contributed by atoms with Crippen molar-refractivity contribution >= 4 is 17.5 Å². The number of hydrogen-bond donors (Lipinski definition) is 0. The number of allylic oxidation sites excluding steroid dienone is 1. The van der Waals surface area contributed by atoms with Crippen molar-refractivity contribution in [2.75, 3.05) is 0 Å². The summed E-state index contributed by atoms with van der Waals surface area (Å²) in [6.45, 7) is 8.37. The lowest BCUT2D eigenvalue weighted by Gasteiger charge is -2.18. The van der Waals surface area contributed by atoms with Crippen molar-refractivity contribution in [1.82, 2.24) is 0 Å². The summed E-state index contributed by atoms with van der Waals surface area (Å²) in [7, 11) is 0. The summed E-state index contributed by atoms with van der Waals surface area (Å²) >= 11 is 0. The average Bonchev–Trinajstić information content (AvgIpc) is 1.99. The Morgan fingerprint density at radius 1 is 1.20 bits per heavy atom. The summed E-state index contributed by atoms with van der Waals surface area (Å²) < 4.78 is 4.93. The molecule has 0 aromatic heterocycles. The van der Waals surface area contributed by atoms with Crippen molar-refractivity contribution in [2.45, 2.75) is 39.2 Å². The van der Waals surface area contributed by atoms with Crippen LogP contribution in [0.3, 0.4) is 0 Å². The Morgan fingerprint density at radius 3 is 2.13 bits per heavy atom. The highest BCUT2D eigenvalue weighted by Crippen LogP contribution is 2.08. The number of carbonyl (C=O) groups excluding carboxylic acids is 3. The molecule has 4 heteroatoms. The Labute approximate surface area is 89.3 Å². The number of carbonyl (C=O) groups is 3. The molecule has 0 saturated carbocycles. The van der Waals surface area contributed by atoms with E-state index in [1.54, 1.807) is 20.8 Å². The van der Waals surface area contributed by atoms with Crippen LogP contribution >= 0.6 is 0 Å². The fourth-order valence-corrected chi connectivity index (χ4v) is 0.868. The Morgan fingerprint density at radius 2 is 1.73 bits per heavy atom. The number of rotatable bonds is 5. The second-order valence-electron chi connectivity index (χ2n) is 4.15. The number of hydrogen-bond acceptors (Lipinski definition) is 4. The molecule has 4 nitrogen and oxygen atoms in total. The van der Waals surface area contributed by atoms with Crippen LogP contribution in [0.25, 0.3) is 0 Å². The third kappa shape index (κ3) is 7.61. The smallest absolute Gasteiger partial charge is 0.313 e. The van der Waals surface area contributed by atoms with E-state index in [2.05, 4.69) is 6.58 Å². The fraction of sp³-hybridized carbons (Fsp3) is 0.545. The predicted molar refractivity (Wildman–Crippen MR) is 55.3 cm³/mol. The largest absolute Gasteiger partial charge is 0.460 e. The number of Topliss-reactive ketones (excluding diaryl/α,β-unsaturated/α-hetero) is 1. The Balaban J connectivity index is 4.03. The van der Waals surface area contributed by atoms with E-state index >= 15 is 0 Å². The lowest BCUT2D eigenvalue weighted by molar-refractivity contribution is -0.156. The average molecular weight is 212 g/mol. The van der Waals surface area contributed by atoms with Crippen molar-refractivity contribution in [1.29, 1.82) is 0 Å². The molecule has 0 aromatic carbocycles. The van der Waals surface area contributed by atoms with Crippen LogP contribution in [0.15, 0.2) is 12.7 Å². The molecule has 84 valence electrons. The van der Waals surface area contributed by atoms with Crippen molar-refractivity contribution in [2.24, 2.45) is 0 Å². The molecule has 0 saturated heterocycles. The van der Waals surface area contributed by atoms with Crippen molar-refractivity contribution in [3.05, 3.63) is 12.7 Å². The molecule has 0 bridgehead atoms. The van der Waals surface area contributed by atoms with Crippen LogP contribution in [0.4, 0.5) is 0 Å². The van der Waals surface area contributed by atoms with Gasteiger partial charge in [-0.1, -0.05) is 6.58 Å². The topological polar surface area (TPSA) is 60.4 Å². The lowest BCUT2D eigenvalue weighted by atomic mass is 10.1. The minimum absolute atomic E-state index is 0.289. The van der Waals surface area contributed by atoms with Gasteiger partial charge in [-0.25, -0.2) is 0 Å². The zero-order valence-corrected chi connectivity index (χ0v) is 9.33. The maximum absolute atomic E-state index is 11.2. The highest BCUT2D eigenvalue weighted by molar-refractivity contribution is 6.08. The first-order valence-electron chi connectivity index (χ1n) is 4.63. The SMILES string of the molecule is C=CC(=O)CC(=O)CC(=O)OC(C)(C)C. The monoisotopic (exact) mass is 212 g/mol. The highest BCUT2D eigenvalue weighted by Gasteiger charge is 2.19. The van der Waals surface area contributed by atoms with Gasteiger partial charge in [0.25, 0.3) is 0 Å². The minimum Gasteiger partial charge on any atom is -0.460 e. The third-order valence-corrected chi connectivity index (χ3v) is 1.36. The Bertz CT molecular complexity index is 283. The first-order valence-corrected chi connectivity index (χ1v) is 4.63. The quantitative estimate of drug-likeness (QED) is 0.393. The van der Waals surface area contributed by atoms with Gasteiger partial charge in [0.05, 0.1) is 6.42 Å². The van der Waals surface area contributed by atoms with Crippen LogP contribution in [0.2, 0.25) is 0 Å². The fourth-order valence-electron chi connectivity index (χ4n) is 0.868. The number of ether oxygens (including phenoxy) is 1. The van der Waals surface area contributed by atoms with E-state index < -0.39 is 17.4 Å². The minimum atomic E-state index is -0.611. The van der Waals surface area contributed by atoms with Gasteiger partial charge in [0.2, 0.25) is 0 Å². The van der Waals surface area contributed by atoms with Gasteiger partial charge in [0.1, 0.15) is 12.0 Å². The third-order valence-electron chi connectivity index (χ3n) is 1.36. The highest BCUT2D eigenvalue weighted by atomic mass is 16.6. The molecule has 0 radical (unpaired) electrons. The second kappa shape index (κ2) is 5.44. The molecule has 15 heavy (non-hydrogen) atoms. The molecule has 0 atom stereocenters. The lowest BCUT2D eigenvalue weighted by Crippen LogP contribution is -2.25. The van der Waals surface area contributed by atoms with Crippen molar-refractivity contribution in [3.8, 4) is 0 Å². The van der Waals surface area contributed by atoms with E-state index in [0.717, 1.165) is 6.08 Å². The molecular formula is C11H16O4. The van der Waals surface area contributed by atoms with Crippen LogP contribution in [-0.2, 0) is 19.1 Å². The molecule has 0 aliphatic heterocycles. The van der Waals surface area contributed by atoms with E-state index in [0.29, 0.717) is 0 Å². The first-order chi connectivity index (χ1) is 6.74. The molecule has 0 heterocycles. The molecule has 0 aliphatic rings. The summed E-state index contributed by atoms with van der Waals surface area (Å²) in [5.74, 6) is -1.44. The van der Waals surface area contributed by atoms with Gasteiger partial charge in [-0.15, -0.1) is 0 Å². The molecule has 0 unspecified atom stereocenters. The van der Waals surface area contributed by atoms with Crippen molar-refractivity contribution in [3.63, 3.8) is 0 Å². The van der Waals surface area contributed by atoms with Gasteiger partial charge in [-0.2, -0.15) is 0 Å². The summed E-state index contributed by atoms with van der Waals surface area (Å²) in [4.78, 5) is 33.1. The van der Waals surface area contributed by atoms with Gasteiger partial charge in [-0.3, -0.25) is 14.4 Å². The standard InChI is InChI=1S/C11H16O4/c1-5-8(12)6-9(13)7-10(14)15-11(2,3)4/h5H,1,6-7H2,2-4H3. The summed E-state index contributed by atoms with van der Waals surface area (Å²) in [6.07, 6.45) is 0.409. The normalized spacial score (nSPS) is 10.6. The number of ketones is 2. The van der Waals surface area contributed by atoms with Crippen LogP contribution in [0, 0.1) is 0 Å². The van der Waals surface area contributed by atoms with E-state index in [1.165, 1.54) is 0 Å². The molecule has 0 amide bonds. The van der Waals surface area contributed by atoms with Gasteiger partial charge in [0.15, 0.2) is 11.6 Å². The van der Waals surface area contributed by atoms with Crippen LogP contribution in [-0.4, -0.2) is 23.1 Å². The Hall–Kier alpha value is -1.45. The molecular weight excluding hydrogens is 196 g/mol.